The van der Waals surface area contributed by atoms with Crippen LogP contribution < -0.4 is 26.2 Å². The van der Waals surface area contributed by atoms with Crippen LogP contribution in [0.1, 0.15) is 132 Å². The van der Waals surface area contributed by atoms with Crippen molar-refractivity contribution in [3.63, 3.8) is 0 Å². The van der Waals surface area contributed by atoms with Crippen molar-refractivity contribution in [2.75, 3.05) is 9.80 Å². The number of hydrogen-bond donors (Lipinski definition) is 0. The van der Waals surface area contributed by atoms with Crippen molar-refractivity contribution in [1.29, 1.82) is 0 Å². The van der Waals surface area contributed by atoms with Gasteiger partial charge in [0.2, 0.25) is 0 Å². The van der Waals surface area contributed by atoms with Gasteiger partial charge >= 0.3 is 0 Å². The zero-order valence-electron chi connectivity index (χ0n) is 44.4. The van der Waals surface area contributed by atoms with Crippen molar-refractivity contribution in [3.8, 4) is 21.1 Å². The van der Waals surface area contributed by atoms with Gasteiger partial charge in [-0.05, 0) is 132 Å². The largest absolute Gasteiger partial charge is 0.311 e. The fraction of sp³-hybridized carbons (Fsp3) is 0.312. The number of hydrogen-bond acceptors (Lipinski definition) is 6. The molecule has 0 atom stereocenters. The molecule has 11 rings (SSSR count). The second kappa shape index (κ2) is 16.2. The summed E-state index contributed by atoms with van der Waals surface area (Å²) in [6, 6.07) is 51.5. The lowest BCUT2D eigenvalue weighted by Crippen LogP contribution is -2.61. The Labute approximate surface area is 430 Å². The summed E-state index contributed by atoms with van der Waals surface area (Å²) < 4.78 is 2.36. The minimum Gasteiger partial charge on any atom is -0.311 e. The predicted octanol–water partition coefficient (Wildman–Crippen LogP) is 16.8. The van der Waals surface area contributed by atoms with Crippen LogP contribution in [0, 0.1) is 0 Å². The summed E-state index contributed by atoms with van der Waals surface area (Å²) in [5.74, 6) is 0. The van der Waals surface area contributed by atoms with Crippen LogP contribution in [-0.2, 0) is 27.1 Å². The van der Waals surface area contributed by atoms with Crippen molar-refractivity contribution in [1.82, 2.24) is 9.97 Å². The first-order valence-electron chi connectivity index (χ1n) is 25.4. The van der Waals surface area contributed by atoms with Crippen LogP contribution in [0.25, 0.3) is 41.6 Å². The molecule has 2 aromatic heterocycles. The van der Waals surface area contributed by atoms with Crippen LogP contribution in [0.5, 0.6) is 0 Å². The fourth-order valence-electron chi connectivity index (χ4n) is 10.5. The maximum atomic E-state index is 5.46. The first-order valence-corrected chi connectivity index (χ1v) is 27.1. The molecule has 2 aliphatic rings. The van der Waals surface area contributed by atoms with Gasteiger partial charge in [0.05, 0.1) is 20.4 Å². The van der Waals surface area contributed by atoms with Crippen molar-refractivity contribution in [2.45, 2.75) is 131 Å². The molecule has 0 radical (unpaired) electrons. The summed E-state index contributed by atoms with van der Waals surface area (Å²) in [7, 11) is 0. The molecule has 7 aromatic carbocycles. The summed E-state index contributed by atoms with van der Waals surface area (Å²) in [4.78, 5) is 16.1. The Balaban J connectivity index is 1.20. The van der Waals surface area contributed by atoms with E-state index < -0.39 is 0 Å². The van der Waals surface area contributed by atoms with Gasteiger partial charge in [-0.15, -0.1) is 22.7 Å². The lowest BCUT2D eigenvalue weighted by atomic mass is 9.33. The second-order valence-electron chi connectivity index (χ2n) is 25.3. The molecule has 0 amide bonds. The molecule has 4 heterocycles. The normalized spacial score (nSPS) is 14.0. The topological polar surface area (TPSA) is 32.3 Å². The molecule has 2 aliphatic heterocycles. The highest BCUT2D eigenvalue weighted by atomic mass is 32.1. The van der Waals surface area contributed by atoms with Crippen LogP contribution in [0.3, 0.4) is 0 Å². The van der Waals surface area contributed by atoms with E-state index in [2.05, 4.69) is 247 Å². The van der Waals surface area contributed by atoms with Gasteiger partial charge in [-0.3, -0.25) is 0 Å². The Kier molecular flexibility index (Phi) is 10.8. The smallest absolute Gasteiger partial charge is 0.252 e. The molecule has 0 bridgehead atoms. The van der Waals surface area contributed by atoms with Crippen LogP contribution >= 0.6 is 22.7 Å². The Morgan fingerprint density at radius 1 is 0.352 bits per heavy atom. The van der Waals surface area contributed by atoms with E-state index in [4.69, 9.17) is 9.97 Å². The molecule has 0 unspecified atom stereocenters. The van der Waals surface area contributed by atoms with Crippen molar-refractivity contribution in [3.05, 3.63) is 161 Å². The van der Waals surface area contributed by atoms with E-state index in [0.717, 1.165) is 43.6 Å². The Bertz CT molecular complexity index is 3300. The van der Waals surface area contributed by atoms with Crippen LogP contribution in [0.15, 0.2) is 133 Å². The summed E-state index contributed by atoms with van der Waals surface area (Å²) >= 11 is 3.58. The predicted molar refractivity (Wildman–Crippen MR) is 311 cm³/mol. The summed E-state index contributed by atoms with van der Waals surface area (Å²) in [6.07, 6.45) is 0. The number of nitrogens with zero attached hydrogens (tertiary/aromatic N) is 4. The van der Waals surface area contributed by atoms with Crippen molar-refractivity contribution in [2.24, 2.45) is 0 Å². The first kappa shape index (κ1) is 47.3. The van der Waals surface area contributed by atoms with Crippen molar-refractivity contribution >= 4 is 100 Å². The highest BCUT2D eigenvalue weighted by Crippen LogP contribution is 2.49. The van der Waals surface area contributed by atoms with Gasteiger partial charge < -0.3 is 9.80 Å². The van der Waals surface area contributed by atoms with E-state index >= 15 is 0 Å². The Hall–Kier alpha value is -6.02. The van der Waals surface area contributed by atoms with Gasteiger partial charge in [0.25, 0.3) is 6.71 Å². The highest BCUT2D eigenvalue weighted by Gasteiger charge is 2.45. The van der Waals surface area contributed by atoms with Crippen LogP contribution in [-0.4, -0.2) is 16.7 Å². The van der Waals surface area contributed by atoms with Crippen molar-refractivity contribution < 1.29 is 0 Å². The molecule has 0 saturated carbocycles. The Morgan fingerprint density at radius 2 is 0.662 bits per heavy atom. The van der Waals surface area contributed by atoms with E-state index in [1.54, 1.807) is 22.7 Å². The molecule has 0 aliphatic carbocycles. The minimum atomic E-state index is -0.136. The Morgan fingerprint density at radius 3 is 0.972 bits per heavy atom. The fourth-order valence-corrected chi connectivity index (χ4v) is 12.5. The highest BCUT2D eigenvalue weighted by molar-refractivity contribution is 7.22. The third kappa shape index (κ3) is 8.31. The number of aromatic nitrogens is 2. The molecule has 7 heteroatoms. The van der Waals surface area contributed by atoms with Gasteiger partial charge in [0.15, 0.2) is 0 Å². The lowest BCUT2D eigenvalue weighted by Gasteiger charge is -2.45. The molecule has 4 nitrogen and oxygen atoms in total. The third-order valence-corrected chi connectivity index (χ3v) is 17.1. The molecular weight excluding hydrogens is 900 g/mol. The number of rotatable bonds is 4. The molecule has 0 saturated heterocycles. The lowest BCUT2D eigenvalue weighted by molar-refractivity contribution is 0.589. The van der Waals surface area contributed by atoms with E-state index in [0.29, 0.717) is 0 Å². The number of thiazole rings is 2. The van der Waals surface area contributed by atoms with Crippen LogP contribution in [0.4, 0.5) is 34.1 Å². The quantitative estimate of drug-likeness (QED) is 0.165. The molecule has 0 N–H and O–H groups in total. The number of fused-ring (bicyclic) bond motifs is 6. The molecule has 358 valence electrons. The maximum absolute atomic E-state index is 5.46. The van der Waals surface area contributed by atoms with E-state index in [1.807, 2.05) is 0 Å². The van der Waals surface area contributed by atoms with Gasteiger partial charge in [0, 0.05) is 45.3 Å². The maximum Gasteiger partial charge on any atom is 0.252 e. The third-order valence-electron chi connectivity index (χ3n) is 14.9. The van der Waals surface area contributed by atoms with Crippen LogP contribution in [0.2, 0.25) is 0 Å². The monoisotopic (exact) mass is 966 g/mol. The SMILES string of the molecule is CC(C)(C)c1ccc(-c2nc3cc4c(cc3s2)N(c2ccc(C(C)(C)C)cc2)c2cc(C(C)(C)C)cc3c2B4c2cc4nc(-c5ccc(C(C)(C)C)cc5)sc4cc2N3c2ccc(C(C)(C)C)cc2)cc1. The van der Waals surface area contributed by atoms with E-state index in [9.17, 15) is 0 Å². The van der Waals surface area contributed by atoms with Gasteiger partial charge in [0.1, 0.15) is 10.0 Å². The number of anilines is 6. The average Bonchev–Trinajstić information content (AvgIpc) is 3.93. The molecule has 0 fully saturated rings. The second-order valence-corrected chi connectivity index (χ2v) is 27.4. The molecule has 0 spiro atoms. The van der Waals surface area contributed by atoms with E-state index in [-0.39, 0.29) is 33.8 Å². The summed E-state index contributed by atoms with van der Waals surface area (Å²) in [6.45, 7) is 34.4. The first-order chi connectivity index (χ1) is 33.3. The minimum absolute atomic E-state index is 0.0224. The standard InChI is InChI=1S/C64H67BN4S2/c1-60(2,3)40-20-16-38(17-21-40)58-66-49-34-47-51(36-55(49)70-58)68(45-28-24-42(25-29-45)62(7,8)9)53-32-44(64(13,14)15)33-54-57(53)65(47)48-35-50-56(71-59(67-50)39-18-22-41(23-19-39)61(4,5)6)37-52(48)69(54)46-30-26-43(27-31-46)63(10,11)12/h16-37H,1-15H3. The number of benzene rings is 7. The van der Waals surface area contributed by atoms with Gasteiger partial charge in [-0.25, -0.2) is 9.97 Å². The van der Waals surface area contributed by atoms with E-state index in [1.165, 1.54) is 76.4 Å². The van der Waals surface area contributed by atoms with Gasteiger partial charge in [-0.1, -0.05) is 177 Å². The zero-order chi connectivity index (χ0) is 50.3. The van der Waals surface area contributed by atoms with Gasteiger partial charge in [-0.2, -0.15) is 0 Å². The molecule has 9 aromatic rings. The summed E-state index contributed by atoms with van der Waals surface area (Å²) in [5, 5.41) is 2.08. The summed E-state index contributed by atoms with van der Waals surface area (Å²) in [5.41, 5.74) is 21.9. The zero-order valence-corrected chi connectivity index (χ0v) is 46.0. The molecule has 71 heavy (non-hydrogen) atoms. The average molecular weight is 967 g/mol. The molecular formula is C64H67BN4S2.